The number of carbonyl (C=O) groups excluding carboxylic acids is 1. The minimum Gasteiger partial charge on any atom is -0.368 e. The molecule has 0 spiro atoms. The van der Waals surface area contributed by atoms with Gasteiger partial charge in [0, 0.05) is 17.3 Å². The Hall–Kier alpha value is -1.89. The first-order chi connectivity index (χ1) is 10.2. The van der Waals surface area contributed by atoms with Gasteiger partial charge in [0.1, 0.15) is 10.1 Å². The Morgan fingerprint density at radius 3 is 2.14 bits per heavy atom. The van der Waals surface area contributed by atoms with Crippen LogP contribution in [-0.4, -0.2) is 10.9 Å². The highest BCUT2D eigenvalue weighted by atomic mass is 79.9. The van der Waals surface area contributed by atoms with Crippen LogP contribution < -0.4 is 5.73 Å². The van der Waals surface area contributed by atoms with E-state index in [1.165, 1.54) is 13.0 Å². The molecule has 1 aromatic carbocycles. The summed E-state index contributed by atoms with van der Waals surface area (Å²) in [5.41, 5.74) is 4.73. The van der Waals surface area contributed by atoms with Crippen LogP contribution in [-0.2, 0) is 15.0 Å². The molecule has 0 fully saturated rings. The lowest BCUT2D eigenvalue weighted by Crippen LogP contribution is -2.33. The quantitative estimate of drug-likeness (QED) is 0.835. The second-order valence-corrected chi connectivity index (χ2v) is 6.47. The van der Waals surface area contributed by atoms with Crippen LogP contribution >= 0.6 is 15.9 Å². The van der Waals surface area contributed by atoms with Gasteiger partial charge in [-0.2, -0.15) is 8.78 Å². The summed E-state index contributed by atoms with van der Waals surface area (Å²) in [6, 6.07) is 6.42. The molecule has 1 aromatic heterocycles. The molecule has 0 saturated carbocycles. The Morgan fingerprint density at radius 1 is 1.14 bits per heavy atom. The zero-order chi connectivity index (χ0) is 16.5. The molecule has 0 aliphatic rings. The van der Waals surface area contributed by atoms with E-state index in [2.05, 4.69) is 20.9 Å². The highest BCUT2D eigenvalue weighted by Crippen LogP contribution is 2.36. The van der Waals surface area contributed by atoms with Crippen LogP contribution in [0.2, 0.25) is 0 Å². The van der Waals surface area contributed by atoms with E-state index in [0.29, 0.717) is 0 Å². The van der Waals surface area contributed by atoms with Gasteiger partial charge < -0.3 is 5.73 Å². The molecule has 22 heavy (non-hydrogen) atoms. The Morgan fingerprint density at radius 2 is 1.68 bits per heavy atom. The lowest BCUT2D eigenvalue weighted by molar-refractivity contribution is -0.120. The topological polar surface area (TPSA) is 56.0 Å². The van der Waals surface area contributed by atoms with Gasteiger partial charge in [-0.05, 0) is 43.3 Å². The fraction of sp³-hybridized carbons (Fsp3) is 0.200. The average molecular weight is 373 g/mol. The number of pyridine rings is 1. The second kappa shape index (κ2) is 5.72. The highest BCUT2D eigenvalue weighted by molar-refractivity contribution is 9.10. The number of primary amides is 1. The third-order valence-corrected chi connectivity index (χ3v) is 4.07. The summed E-state index contributed by atoms with van der Waals surface area (Å²) in [4.78, 5) is 15.2. The lowest BCUT2D eigenvalue weighted by Gasteiger charge is -2.20. The molecule has 2 rings (SSSR count). The van der Waals surface area contributed by atoms with Crippen molar-refractivity contribution in [1.82, 2.24) is 4.98 Å². The molecule has 3 nitrogen and oxygen atoms in total. The van der Waals surface area contributed by atoms with Crippen molar-refractivity contribution >= 4 is 21.8 Å². The van der Waals surface area contributed by atoms with Gasteiger partial charge in [-0.3, -0.25) is 9.78 Å². The molecule has 116 valence electrons. The minimum atomic E-state index is -3.32. The SMILES string of the molecule is CC(Br)(C(N)=O)c1ccc(C(F)(F)c2ccc(F)cc2)cn1. The maximum atomic E-state index is 14.3. The number of rotatable bonds is 4. The Labute approximate surface area is 133 Å². The third kappa shape index (κ3) is 2.99. The maximum Gasteiger partial charge on any atom is 0.299 e. The fourth-order valence-corrected chi connectivity index (χ4v) is 2.04. The molecule has 0 saturated heterocycles. The van der Waals surface area contributed by atoms with Crippen LogP contribution in [0.25, 0.3) is 0 Å². The summed E-state index contributed by atoms with van der Waals surface area (Å²) in [7, 11) is 0. The van der Waals surface area contributed by atoms with Crippen LogP contribution in [0, 0.1) is 5.82 Å². The number of nitrogens with two attached hydrogens (primary N) is 1. The van der Waals surface area contributed by atoms with Crippen molar-refractivity contribution in [2.75, 3.05) is 0 Å². The number of carbonyl (C=O) groups is 1. The van der Waals surface area contributed by atoms with Crippen molar-refractivity contribution < 1.29 is 18.0 Å². The Bertz CT molecular complexity index is 685. The summed E-state index contributed by atoms with van der Waals surface area (Å²) in [5, 5.41) is 0. The monoisotopic (exact) mass is 372 g/mol. The van der Waals surface area contributed by atoms with Crippen molar-refractivity contribution in [1.29, 1.82) is 0 Å². The van der Waals surface area contributed by atoms with Gasteiger partial charge in [0.2, 0.25) is 5.91 Å². The van der Waals surface area contributed by atoms with Crippen molar-refractivity contribution in [2.24, 2.45) is 5.73 Å². The molecule has 1 unspecified atom stereocenters. The van der Waals surface area contributed by atoms with E-state index in [9.17, 15) is 18.0 Å². The van der Waals surface area contributed by atoms with E-state index in [1.807, 2.05) is 0 Å². The smallest absolute Gasteiger partial charge is 0.299 e. The minimum absolute atomic E-state index is 0.221. The van der Waals surface area contributed by atoms with Gasteiger partial charge in [0.05, 0.1) is 5.69 Å². The number of hydrogen-bond donors (Lipinski definition) is 1. The van der Waals surface area contributed by atoms with Gasteiger partial charge in [0.25, 0.3) is 5.92 Å². The van der Waals surface area contributed by atoms with Gasteiger partial charge >= 0.3 is 0 Å². The Kier molecular flexibility index (Phi) is 4.28. The predicted octanol–water partition coefficient (Wildman–Crippen LogP) is 3.46. The zero-order valence-electron chi connectivity index (χ0n) is 11.5. The van der Waals surface area contributed by atoms with Crippen molar-refractivity contribution in [3.05, 3.63) is 65.2 Å². The molecule has 0 aliphatic heterocycles. The predicted molar refractivity (Wildman–Crippen MR) is 79.1 cm³/mol. The maximum absolute atomic E-state index is 14.3. The summed E-state index contributed by atoms with van der Waals surface area (Å²) in [5.74, 6) is -4.60. The van der Waals surface area contributed by atoms with Crippen LogP contribution in [0.1, 0.15) is 23.7 Å². The van der Waals surface area contributed by atoms with Crippen molar-refractivity contribution in [3.63, 3.8) is 0 Å². The highest BCUT2D eigenvalue weighted by Gasteiger charge is 2.36. The van der Waals surface area contributed by atoms with Gasteiger partial charge in [0.15, 0.2) is 0 Å². The Balaban J connectivity index is 2.37. The molecule has 7 heteroatoms. The number of benzene rings is 1. The third-order valence-electron chi connectivity index (χ3n) is 3.28. The van der Waals surface area contributed by atoms with Crippen LogP contribution in [0.15, 0.2) is 42.6 Å². The molecule has 1 heterocycles. The number of nitrogens with zero attached hydrogens (tertiary/aromatic N) is 1. The molecular formula is C15H12BrF3N2O. The normalized spacial score (nSPS) is 14.4. The van der Waals surface area contributed by atoms with E-state index in [4.69, 9.17) is 5.73 Å². The fourth-order valence-electron chi connectivity index (χ4n) is 1.81. The molecule has 2 N–H and O–H groups in total. The molecular weight excluding hydrogens is 361 g/mol. The number of amides is 1. The van der Waals surface area contributed by atoms with Gasteiger partial charge in [-0.1, -0.05) is 15.9 Å². The second-order valence-electron chi connectivity index (χ2n) is 4.88. The molecule has 0 bridgehead atoms. The molecule has 1 amide bonds. The molecule has 1 atom stereocenters. The van der Waals surface area contributed by atoms with E-state index in [-0.39, 0.29) is 16.8 Å². The first kappa shape index (κ1) is 16.5. The number of aromatic nitrogens is 1. The van der Waals surface area contributed by atoms with Crippen molar-refractivity contribution in [2.45, 2.75) is 17.2 Å². The zero-order valence-corrected chi connectivity index (χ0v) is 13.1. The van der Waals surface area contributed by atoms with E-state index < -0.39 is 22.0 Å². The molecule has 0 aliphatic carbocycles. The standard InChI is InChI=1S/C15H12BrF3N2O/c1-14(16,13(20)22)12-7-4-10(8-21-12)15(18,19)9-2-5-11(17)6-3-9/h2-8H,1H3,(H2,20,22). The van der Waals surface area contributed by atoms with E-state index in [0.717, 1.165) is 36.5 Å². The lowest BCUT2D eigenvalue weighted by atomic mass is 10.00. The average Bonchev–Trinajstić information content (AvgIpc) is 2.47. The first-order valence-corrected chi connectivity index (χ1v) is 7.04. The van der Waals surface area contributed by atoms with Gasteiger partial charge in [-0.15, -0.1) is 0 Å². The van der Waals surface area contributed by atoms with Crippen LogP contribution in [0.5, 0.6) is 0 Å². The van der Waals surface area contributed by atoms with E-state index >= 15 is 0 Å². The van der Waals surface area contributed by atoms with Crippen LogP contribution in [0.3, 0.4) is 0 Å². The number of hydrogen-bond acceptors (Lipinski definition) is 2. The first-order valence-electron chi connectivity index (χ1n) is 6.25. The molecule has 0 radical (unpaired) electrons. The number of alkyl halides is 3. The molecule has 2 aromatic rings. The van der Waals surface area contributed by atoms with Crippen LogP contribution in [0.4, 0.5) is 13.2 Å². The summed E-state index contributed by atoms with van der Waals surface area (Å²) < 4.78 is 40.3. The van der Waals surface area contributed by atoms with Crippen molar-refractivity contribution in [3.8, 4) is 0 Å². The van der Waals surface area contributed by atoms with Gasteiger partial charge in [-0.25, -0.2) is 4.39 Å². The van der Waals surface area contributed by atoms with E-state index in [1.54, 1.807) is 0 Å². The largest absolute Gasteiger partial charge is 0.368 e. The summed E-state index contributed by atoms with van der Waals surface area (Å²) in [6.07, 6.45) is 0.973. The summed E-state index contributed by atoms with van der Waals surface area (Å²) in [6.45, 7) is 1.48. The number of halogens is 4. The summed E-state index contributed by atoms with van der Waals surface area (Å²) >= 11 is 3.12.